The predicted molar refractivity (Wildman–Crippen MR) is 43.6 cm³/mol. The second-order valence-corrected chi connectivity index (χ2v) is 2.65. The molecule has 0 bridgehead atoms. The Morgan fingerprint density at radius 3 is 3.00 bits per heavy atom. The summed E-state index contributed by atoms with van der Waals surface area (Å²) in [6.45, 7) is 4.13. The van der Waals surface area contributed by atoms with E-state index in [0.29, 0.717) is 5.92 Å². The van der Waals surface area contributed by atoms with Crippen molar-refractivity contribution in [1.82, 2.24) is 9.97 Å². The normalized spacial score (nSPS) is 12.9. The van der Waals surface area contributed by atoms with Crippen LogP contribution in [0.2, 0.25) is 0 Å². The smallest absolute Gasteiger partial charge is 0.250 e. The molecule has 0 aliphatic heterocycles. The zero-order valence-corrected chi connectivity index (χ0v) is 6.79. The molecule has 0 saturated carbocycles. The van der Waals surface area contributed by atoms with Gasteiger partial charge >= 0.3 is 0 Å². The van der Waals surface area contributed by atoms with E-state index in [0.717, 1.165) is 12.1 Å². The molecule has 1 rings (SSSR count). The molecule has 0 saturated heterocycles. The van der Waals surface area contributed by atoms with Crippen molar-refractivity contribution in [1.29, 1.82) is 0 Å². The van der Waals surface area contributed by atoms with E-state index in [4.69, 9.17) is 0 Å². The van der Waals surface area contributed by atoms with Gasteiger partial charge in [0.2, 0.25) is 0 Å². The maximum atomic E-state index is 10.8. The predicted octanol–water partition coefficient (Wildman–Crippen LogP) is 1.28. The van der Waals surface area contributed by atoms with Crippen LogP contribution in [0.3, 0.4) is 0 Å². The van der Waals surface area contributed by atoms with Gasteiger partial charge in [-0.3, -0.25) is 4.79 Å². The van der Waals surface area contributed by atoms with Crippen molar-refractivity contribution in [3.8, 4) is 0 Å². The van der Waals surface area contributed by atoms with Crippen molar-refractivity contribution in [2.75, 3.05) is 0 Å². The zero-order chi connectivity index (χ0) is 8.27. The van der Waals surface area contributed by atoms with Crippen LogP contribution >= 0.6 is 0 Å². The molecule has 3 nitrogen and oxygen atoms in total. The molecule has 1 aromatic rings. The van der Waals surface area contributed by atoms with E-state index in [1.807, 2.05) is 0 Å². The van der Waals surface area contributed by atoms with Crippen LogP contribution in [-0.2, 0) is 0 Å². The third-order valence-corrected chi connectivity index (χ3v) is 1.82. The highest BCUT2D eigenvalue weighted by Gasteiger charge is 2.03. The molecule has 11 heavy (non-hydrogen) atoms. The fourth-order valence-corrected chi connectivity index (χ4v) is 0.862. The van der Waals surface area contributed by atoms with Gasteiger partial charge in [-0.25, -0.2) is 4.98 Å². The molecule has 1 atom stereocenters. The first-order chi connectivity index (χ1) is 5.24. The molecule has 1 N–H and O–H groups in total. The van der Waals surface area contributed by atoms with Gasteiger partial charge in [0.15, 0.2) is 0 Å². The number of nitrogens with zero attached hydrogens (tertiary/aromatic N) is 1. The van der Waals surface area contributed by atoms with E-state index >= 15 is 0 Å². The number of nitrogens with one attached hydrogen (secondary N) is 1. The minimum absolute atomic E-state index is 0.0738. The average molecular weight is 152 g/mol. The van der Waals surface area contributed by atoms with Gasteiger partial charge in [0, 0.05) is 6.07 Å². The Bertz CT molecular complexity index is 279. The molecule has 60 valence electrons. The van der Waals surface area contributed by atoms with E-state index in [2.05, 4.69) is 23.8 Å². The number of rotatable bonds is 2. The van der Waals surface area contributed by atoms with Crippen molar-refractivity contribution >= 4 is 0 Å². The molecule has 1 aromatic heterocycles. The number of H-pyrrole nitrogens is 1. The Morgan fingerprint density at radius 2 is 2.45 bits per heavy atom. The van der Waals surface area contributed by atoms with Crippen LogP contribution < -0.4 is 5.56 Å². The fourth-order valence-electron chi connectivity index (χ4n) is 0.862. The Labute approximate surface area is 65.5 Å². The number of aromatic amines is 1. The maximum Gasteiger partial charge on any atom is 0.250 e. The first-order valence-electron chi connectivity index (χ1n) is 3.78. The quantitative estimate of drug-likeness (QED) is 0.693. The van der Waals surface area contributed by atoms with Gasteiger partial charge in [0.05, 0.1) is 12.0 Å². The molecular formula is C8H12N2O. The number of aromatic nitrogens is 2. The van der Waals surface area contributed by atoms with Gasteiger partial charge in [-0.15, -0.1) is 0 Å². The van der Waals surface area contributed by atoms with Crippen LogP contribution in [0.25, 0.3) is 0 Å². The molecule has 0 aromatic carbocycles. The van der Waals surface area contributed by atoms with Crippen molar-refractivity contribution in [2.45, 2.75) is 26.2 Å². The zero-order valence-electron chi connectivity index (χ0n) is 6.79. The topological polar surface area (TPSA) is 45.8 Å². The molecule has 1 unspecified atom stereocenters. The Morgan fingerprint density at radius 1 is 1.73 bits per heavy atom. The van der Waals surface area contributed by atoms with Gasteiger partial charge in [0.25, 0.3) is 5.56 Å². The van der Waals surface area contributed by atoms with Crippen LogP contribution in [-0.4, -0.2) is 9.97 Å². The largest absolute Gasteiger partial charge is 0.313 e. The highest BCUT2D eigenvalue weighted by Crippen LogP contribution is 2.12. The van der Waals surface area contributed by atoms with Crippen molar-refractivity contribution in [3.05, 3.63) is 28.4 Å². The van der Waals surface area contributed by atoms with Crippen LogP contribution in [0, 0.1) is 0 Å². The lowest BCUT2D eigenvalue weighted by atomic mass is 10.1. The van der Waals surface area contributed by atoms with Gasteiger partial charge in [-0.05, 0) is 12.3 Å². The molecule has 0 spiro atoms. The van der Waals surface area contributed by atoms with Gasteiger partial charge in [-0.1, -0.05) is 13.8 Å². The highest BCUT2D eigenvalue weighted by atomic mass is 16.1. The SMILES string of the molecule is CCC(C)c1cc(=O)[nH]cn1. The minimum Gasteiger partial charge on any atom is -0.313 e. The summed E-state index contributed by atoms with van der Waals surface area (Å²) in [7, 11) is 0. The van der Waals surface area contributed by atoms with E-state index in [1.54, 1.807) is 6.07 Å². The van der Waals surface area contributed by atoms with E-state index < -0.39 is 0 Å². The van der Waals surface area contributed by atoms with Gasteiger partial charge < -0.3 is 4.98 Å². The van der Waals surface area contributed by atoms with Crippen molar-refractivity contribution in [3.63, 3.8) is 0 Å². The third kappa shape index (κ3) is 1.90. The summed E-state index contributed by atoms with van der Waals surface area (Å²) in [5.74, 6) is 0.372. The molecular weight excluding hydrogens is 140 g/mol. The fraction of sp³-hybridized carbons (Fsp3) is 0.500. The summed E-state index contributed by atoms with van der Waals surface area (Å²) < 4.78 is 0. The van der Waals surface area contributed by atoms with E-state index in [1.165, 1.54) is 6.33 Å². The van der Waals surface area contributed by atoms with Gasteiger partial charge in [0.1, 0.15) is 0 Å². The van der Waals surface area contributed by atoms with E-state index in [9.17, 15) is 4.79 Å². The molecule has 0 aliphatic rings. The van der Waals surface area contributed by atoms with Gasteiger partial charge in [-0.2, -0.15) is 0 Å². The second-order valence-electron chi connectivity index (χ2n) is 2.65. The van der Waals surface area contributed by atoms with Crippen LogP contribution in [0.4, 0.5) is 0 Å². The summed E-state index contributed by atoms with van der Waals surface area (Å²) in [6, 6.07) is 1.55. The Hall–Kier alpha value is -1.12. The molecule has 0 aliphatic carbocycles. The lowest BCUT2D eigenvalue weighted by Gasteiger charge is -2.04. The standard InChI is InChI=1S/C8H12N2O/c1-3-6(2)7-4-8(11)10-5-9-7/h4-6H,3H2,1-2H3,(H,9,10,11). The first kappa shape index (κ1) is 7.98. The highest BCUT2D eigenvalue weighted by molar-refractivity contribution is 5.03. The average Bonchev–Trinajstić information content (AvgIpc) is 2.03. The van der Waals surface area contributed by atoms with Crippen LogP contribution in [0.1, 0.15) is 31.9 Å². The molecule has 3 heteroatoms. The molecule has 0 fully saturated rings. The lowest BCUT2D eigenvalue weighted by Crippen LogP contribution is -2.08. The second kappa shape index (κ2) is 3.32. The van der Waals surface area contributed by atoms with Crippen LogP contribution in [0.15, 0.2) is 17.2 Å². The summed E-state index contributed by atoms with van der Waals surface area (Å²) in [6.07, 6.45) is 2.46. The molecule has 0 amide bonds. The number of hydrogen-bond donors (Lipinski definition) is 1. The summed E-state index contributed by atoms with van der Waals surface area (Å²) in [5.41, 5.74) is 0.798. The molecule has 1 heterocycles. The first-order valence-corrected chi connectivity index (χ1v) is 3.78. The minimum atomic E-state index is -0.0738. The summed E-state index contributed by atoms with van der Waals surface area (Å²) in [4.78, 5) is 17.4. The summed E-state index contributed by atoms with van der Waals surface area (Å²) in [5, 5.41) is 0. The third-order valence-electron chi connectivity index (χ3n) is 1.82. The Kier molecular flexibility index (Phi) is 2.41. The lowest BCUT2D eigenvalue weighted by molar-refractivity contribution is 0.702. The monoisotopic (exact) mass is 152 g/mol. The maximum absolute atomic E-state index is 10.8. The summed E-state index contributed by atoms with van der Waals surface area (Å²) >= 11 is 0. The van der Waals surface area contributed by atoms with Crippen molar-refractivity contribution < 1.29 is 0 Å². The van der Waals surface area contributed by atoms with Crippen LogP contribution in [0.5, 0.6) is 0 Å². The molecule has 0 radical (unpaired) electrons. The van der Waals surface area contributed by atoms with Crippen molar-refractivity contribution in [2.24, 2.45) is 0 Å². The Balaban J connectivity index is 2.96. The number of hydrogen-bond acceptors (Lipinski definition) is 2. The van der Waals surface area contributed by atoms with E-state index in [-0.39, 0.29) is 5.56 Å².